The molecule has 0 saturated carbocycles. The summed E-state index contributed by atoms with van der Waals surface area (Å²) in [7, 11) is 1.22. The Bertz CT molecular complexity index is 397. The molecule has 2 N–H and O–H groups in total. The molecule has 0 aliphatic heterocycles. The van der Waals surface area contributed by atoms with Crippen molar-refractivity contribution in [1.82, 2.24) is 10.5 Å². The van der Waals surface area contributed by atoms with Gasteiger partial charge in [-0.2, -0.15) is 0 Å². The highest BCUT2D eigenvalue weighted by Gasteiger charge is 2.10. The molecule has 0 bridgehead atoms. The van der Waals surface area contributed by atoms with Crippen LogP contribution in [0.2, 0.25) is 0 Å². The molecule has 86 valence electrons. The van der Waals surface area contributed by atoms with Gasteiger partial charge in [-0.25, -0.2) is 4.79 Å². The number of nitrogens with zero attached hydrogens (tertiary/aromatic N) is 1. The predicted octanol–water partition coefficient (Wildman–Crippen LogP) is 0.237. The maximum absolute atomic E-state index is 11.2. The van der Waals surface area contributed by atoms with Crippen LogP contribution in [0.4, 0.5) is 5.82 Å². The van der Waals surface area contributed by atoms with Crippen LogP contribution in [-0.4, -0.2) is 24.1 Å². The van der Waals surface area contributed by atoms with Gasteiger partial charge in [-0.3, -0.25) is 4.79 Å². The zero-order valence-electron chi connectivity index (χ0n) is 8.81. The number of esters is 1. The van der Waals surface area contributed by atoms with Gasteiger partial charge in [0.15, 0.2) is 5.82 Å². The highest BCUT2D eigenvalue weighted by atomic mass is 16.5. The summed E-state index contributed by atoms with van der Waals surface area (Å²) < 4.78 is 9.05. The second-order valence-corrected chi connectivity index (χ2v) is 2.76. The molecule has 0 radical (unpaired) electrons. The molecule has 0 spiro atoms. The number of methoxy groups -OCH3 is 1. The summed E-state index contributed by atoms with van der Waals surface area (Å²) in [5.74, 6) is -0.628. The lowest BCUT2D eigenvalue weighted by Gasteiger charge is -2.05. The van der Waals surface area contributed by atoms with Crippen molar-refractivity contribution >= 4 is 17.7 Å². The van der Waals surface area contributed by atoms with Gasteiger partial charge >= 0.3 is 5.97 Å². The summed E-state index contributed by atoms with van der Waals surface area (Å²) in [6.07, 6.45) is 2.64. The maximum Gasteiger partial charge on any atom is 0.356 e. The minimum Gasteiger partial charge on any atom is -0.464 e. The summed E-state index contributed by atoms with van der Waals surface area (Å²) in [5.41, 5.74) is -0.0157. The van der Waals surface area contributed by atoms with Crippen LogP contribution in [0.1, 0.15) is 6.92 Å². The first-order valence-electron chi connectivity index (χ1n) is 4.36. The number of rotatable bonds is 4. The third-order valence-electron chi connectivity index (χ3n) is 1.52. The Labute approximate surface area is 91.4 Å². The molecule has 0 unspecified atom stereocenters. The predicted molar refractivity (Wildman–Crippen MR) is 54.0 cm³/mol. The van der Waals surface area contributed by atoms with Crippen molar-refractivity contribution in [2.45, 2.75) is 6.92 Å². The van der Waals surface area contributed by atoms with E-state index in [0.29, 0.717) is 5.82 Å². The van der Waals surface area contributed by atoms with E-state index in [9.17, 15) is 9.59 Å². The Morgan fingerprint density at radius 2 is 2.31 bits per heavy atom. The van der Waals surface area contributed by atoms with Crippen LogP contribution < -0.4 is 10.6 Å². The molecule has 0 fully saturated rings. The molecule has 7 heteroatoms. The average molecular weight is 225 g/mol. The second kappa shape index (κ2) is 5.54. The third-order valence-corrected chi connectivity index (χ3v) is 1.52. The van der Waals surface area contributed by atoms with Gasteiger partial charge in [-0.15, -0.1) is 0 Å². The fraction of sp³-hybridized carbons (Fsp3) is 0.222. The fourth-order valence-corrected chi connectivity index (χ4v) is 0.879. The van der Waals surface area contributed by atoms with Gasteiger partial charge in [0.05, 0.1) is 7.11 Å². The molecule has 1 rings (SSSR count). The number of aromatic nitrogens is 1. The van der Waals surface area contributed by atoms with E-state index in [1.54, 1.807) is 6.07 Å². The van der Waals surface area contributed by atoms with Crippen molar-refractivity contribution in [2.24, 2.45) is 0 Å². The lowest BCUT2D eigenvalue weighted by molar-refractivity contribution is -0.137. The van der Waals surface area contributed by atoms with Crippen LogP contribution in [0.15, 0.2) is 28.7 Å². The fourth-order valence-electron chi connectivity index (χ4n) is 0.879. The molecule has 7 nitrogen and oxygen atoms in total. The first-order valence-corrected chi connectivity index (χ1v) is 4.36. The lowest BCUT2D eigenvalue weighted by Crippen LogP contribution is -2.26. The van der Waals surface area contributed by atoms with E-state index >= 15 is 0 Å². The number of hydrogen-bond acceptors (Lipinski definition) is 6. The van der Waals surface area contributed by atoms with Gasteiger partial charge in [0.1, 0.15) is 12.0 Å². The molecule has 1 aromatic rings. The van der Waals surface area contributed by atoms with E-state index in [1.165, 1.54) is 26.5 Å². The highest BCUT2D eigenvalue weighted by molar-refractivity contribution is 5.93. The topological polar surface area (TPSA) is 93.5 Å². The van der Waals surface area contributed by atoms with Gasteiger partial charge in [-0.1, -0.05) is 5.16 Å². The monoisotopic (exact) mass is 225 g/mol. The van der Waals surface area contributed by atoms with Crippen LogP contribution in [-0.2, 0) is 14.3 Å². The molecular formula is C9H11N3O4. The van der Waals surface area contributed by atoms with Crippen LogP contribution >= 0.6 is 0 Å². The summed E-state index contributed by atoms with van der Waals surface area (Å²) in [4.78, 5) is 22.0. The summed E-state index contributed by atoms with van der Waals surface area (Å²) in [6.45, 7) is 1.28. The molecule has 0 aromatic carbocycles. The van der Waals surface area contributed by atoms with E-state index in [2.05, 4.69) is 25.1 Å². The quantitative estimate of drug-likeness (QED) is 0.563. The number of carbonyl (C=O) groups is 2. The van der Waals surface area contributed by atoms with Crippen molar-refractivity contribution in [2.75, 3.05) is 12.4 Å². The van der Waals surface area contributed by atoms with Crippen LogP contribution in [0.3, 0.4) is 0 Å². The Morgan fingerprint density at radius 1 is 1.56 bits per heavy atom. The largest absolute Gasteiger partial charge is 0.464 e. The zero-order valence-corrected chi connectivity index (χ0v) is 8.81. The molecular weight excluding hydrogens is 214 g/mol. The number of hydrogen-bond donors (Lipinski definition) is 2. The van der Waals surface area contributed by atoms with Crippen molar-refractivity contribution in [3.8, 4) is 0 Å². The Morgan fingerprint density at radius 3 is 2.81 bits per heavy atom. The van der Waals surface area contributed by atoms with E-state index in [-0.39, 0.29) is 11.6 Å². The Hall–Kier alpha value is -2.31. The molecule has 1 heterocycles. The first-order chi connectivity index (χ1) is 7.63. The minimum absolute atomic E-state index is 0.0157. The van der Waals surface area contributed by atoms with Crippen molar-refractivity contribution in [3.05, 3.63) is 24.2 Å². The molecule has 16 heavy (non-hydrogen) atoms. The van der Waals surface area contributed by atoms with E-state index in [4.69, 9.17) is 0 Å². The summed E-state index contributed by atoms with van der Waals surface area (Å²) in [6, 6.07) is 1.55. The number of carbonyl (C=O) groups excluding carboxylic acids is 2. The SMILES string of the molecule is COC(=O)/C(=C/Nc1ccon1)NC(C)=O. The summed E-state index contributed by atoms with van der Waals surface area (Å²) in [5, 5.41) is 8.54. The average Bonchev–Trinajstić information content (AvgIpc) is 2.75. The number of anilines is 1. The van der Waals surface area contributed by atoms with Crippen molar-refractivity contribution in [3.63, 3.8) is 0 Å². The van der Waals surface area contributed by atoms with Crippen molar-refractivity contribution < 1.29 is 18.8 Å². The molecule has 0 atom stereocenters. The number of nitrogens with one attached hydrogen (secondary N) is 2. The van der Waals surface area contributed by atoms with Gasteiger partial charge in [0, 0.05) is 19.2 Å². The van der Waals surface area contributed by atoms with Crippen molar-refractivity contribution in [1.29, 1.82) is 0 Å². The number of ether oxygens (including phenoxy) is 1. The Kier molecular flexibility index (Phi) is 4.07. The summed E-state index contributed by atoms with van der Waals surface area (Å²) >= 11 is 0. The minimum atomic E-state index is -0.661. The molecule has 0 saturated heterocycles. The molecule has 0 aliphatic carbocycles. The van der Waals surface area contributed by atoms with Gasteiger partial charge in [0.25, 0.3) is 0 Å². The van der Waals surface area contributed by atoms with E-state index in [0.717, 1.165) is 0 Å². The zero-order chi connectivity index (χ0) is 12.0. The van der Waals surface area contributed by atoms with Crippen LogP contribution in [0, 0.1) is 0 Å². The third kappa shape index (κ3) is 3.45. The van der Waals surface area contributed by atoms with E-state index in [1.807, 2.05) is 0 Å². The van der Waals surface area contributed by atoms with Crippen LogP contribution in [0.5, 0.6) is 0 Å². The Balaban J connectivity index is 2.71. The maximum atomic E-state index is 11.2. The van der Waals surface area contributed by atoms with Gasteiger partial charge < -0.3 is 19.9 Å². The smallest absolute Gasteiger partial charge is 0.356 e. The standard InChI is InChI=1S/C9H11N3O4/c1-6(13)11-7(9(14)15-2)5-10-8-3-4-16-12-8/h3-5H,1-2H3,(H,10,12)(H,11,13)/b7-5-. The normalized spacial score (nSPS) is 10.8. The van der Waals surface area contributed by atoms with Gasteiger partial charge in [0.2, 0.25) is 5.91 Å². The van der Waals surface area contributed by atoms with Gasteiger partial charge in [-0.05, 0) is 0 Å². The molecule has 1 amide bonds. The van der Waals surface area contributed by atoms with E-state index < -0.39 is 5.97 Å². The molecule has 1 aromatic heterocycles. The second-order valence-electron chi connectivity index (χ2n) is 2.76. The highest BCUT2D eigenvalue weighted by Crippen LogP contribution is 2.02. The molecule has 0 aliphatic rings. The van der Waals surface area contributed by atoms with Crippen LogP contribution in [0.25, 0.3) is 0 Å². The first kappa shape index (κ1) is 11.8. The number of amides is 1. The lowest BCUT2D eigenvalue weighted by atomic mass is 10.4.